The molecule has 0 spiro atoms. The van der Waals surface area contributed by atoms with E-state index in [0.717, 1.165) is 18.5 Å². The molecule has 0 saturated heterocycles. The minimum atomic E-state index is -0.900. The van der Waals surface area contributed by atoms with Crippen LogP contribution < -0.4 is 0 Å². The predicted molar refractivity (Wildman–Crippen MR) is 65.4 cm³/mol. The second-order valence-corrected chi connectivity index (χ2v) is 4.61. The van der Waals surface area contributed by atoms with Crippen molar-refractivity contribution in [2.24, 2.45) is 0 Å². The van der Waals surface area contributed by atoms with Crippen molar-refractivity contribution >= 4 is 11.9 Å². The Morgan fingerprint density at radius 2 is 2.22 bits per heavy atom. The summed E-state index contributed by atoms with van der Waals surface area (Å²) in [5.41, 5.74) is 1.55. The monoisotopic (exact) mass is 248 g/mol. The standard InChI is InChI=1S/C13H16N2O3/c1-15(7-5-12(16)17)13(18)10-4-6-14-11(8-10)9-2-3-9/h4,6,8-9H,2-3,5,7H2,1H3,(H,16,17). The van der Waals surface area contributed by atoms with E-state index in [1.807, 2.05) is 6.07 Å². The van der Waals surface area contributed by atoms with Gasteiger partial charge in [0.1, 0.15) is 0 Å². The summed E-state index contributed by atoms with van der Waals surface area (Å²) < 4.78 is 0. The highest BCUT2D eigenvalue weighted by Gasteiger charge is 2.25. The Kier molecular flexibility index (Phi) is 3.60. The van der Waals surface area contributed by atoms with Crippen molar-refractivity contribution in [1.82, 2.24) is 9.88 Å². The molecular formula is C13H16N2O3. The number of amides is 1. The zero-order chi connectivity index (χ0) is 13.1. The first kappa shape index (κ1) is 12.5. The van der Waals surface area contributed by atoms with Gasteiger partial charge in [0.05, 0.1) is 6.42 Å². The fourth-order valence-corrected chi connectivity index (χ4v) is 1.77. The van der Waals surface area contributed by atoms with Crippen LogP contribution in [-0.4, -0.2) is 40.5 Å². The Labute approximate surface area is 105 Å². The molecule has 1 aliphatic rings. The fourth-order valence-electron chi connectivity index (χ4n) is 1.77. The molecule has 0 aromatic carbocycles. The Balaban J connectivity index is 2.03. The molecule has 1 aromatic rings. The van der Waals surface area contributed by atoms with Gasteiger partial charge in [-0.3, -0.25) is 14.6 Å². The lowest BCUT2D eigenvalue weighted by Crippen LogP contribution is -2.29. The van der Waals surface area contributed by atoms with E-state index in [-0.39, 0.29) is 18.9 Å². The number of rotatable bonds is 5. The minimum absolute atomic E-state index is 0.0389. The van der Waals surface area contributed by atoms with Crippen molar-refractivity contribution in [3.05, 3.63) is 29.6 Å². The number of carbonyl (C=O) groups is 2. The molecule has 1 heterocycles. The molecule has 1 fully saturated rings. The van der Waals surface area contributed by atoms with Crippen LogP contribution in [0.3, 0.4) is 0 Å². The van der Waals surface area contributed by atoms with Gasteiger partial charge in [-0.15, -0.1) is 0 Å². The van der Waals surface area contributed by atoms with Crippen LogP contribution in [0.4, 0.5) is 0 Å². The maximum atomic E-state index is 12.1. The average molecular weight is 248 g/mol. The van der Waals surface area contributed by atoms with Crippen LogP contribution in [0.25, 0.3) is 0 Å². The van der Waals surface area contributed by atoms with Gasteiger partial charge in [-0.05, 0) is 25.0 Å². The van der Waals surface area contributed by atoms with Gasteiger partial charge in [0, 0.05) is 37.0 Å². The maximum Gasteiger partial charge on any atom is 0.305 e. The van der Waals surface area contributed by atoms with Crippen molar-refractivity contribution in [1.29, 1.82) is 0 Å². The quantitative estimate of drug-likeness (QED) is 0.857. The van der Waals surface area contributed by atoms with Gasteiger partial charge < -0.3 is 10.0 Å². The van der Waals surface area contributed by atoms with Crippen LogP contribution in [0, 0.1) is 0 Å². The summed E-state index contributed by atoms with van der Waals surface area (Å²) in [7, 11) is 1.61. The third-order valence-corrected chi connectivity index (χ3v) is 3.03. The molecule has 1 aromatic heterocycles. The Morgan fingerprint density at radius 1 is 1.50 bits per heavy atom. The summed E-state index contributed by atoms with van der Waals surface area (Å²) in [6, 6.07) is 3.49. The smallest absolute Gasteiger partial charge is 0.305 e. The van der Waals surface area contributed by atoms with Gasteiger partial charge in [-0.25, -0.2) is 0 Å². The number of nitrogens with zero attached hydrogens (tertiary/aromatic N) is 2. The number of hydrogen-bond donors (Lipinski definition) is 1. The van der Waals surface area contributed by atoms with Gasteiger partial charge in [0.25, 0.3) is 5.91 Å². The third kappa shape index (κ3) is 3.06. The van der Waals surface area contributed by atoms with E-state index in [1.54, 1.807) is 19.3 Å². The topological polar surface area (TPSA) is 70.5 Å². The molecule has 0 radical (unpaired) electrons. The highest BCUT2D eigenvalue weighted by atomic mass is 16.4. The van der Waals surface area contributed by atoms with Crippen LogP contribution in [0.15, 0.2) is 18.3 Å². The average Bonchev–Trinajstić information content (AvgIpc) is 3.19. The number of aliphatic carboxylic acids is 1. The SMILES string of the molecule is CN(CCC(=O)O)C(=O)c1ccnc(C2CC2)c1. The number of carboxylic acid groups (broad SMARTS) is 1. The van der Waals surface area contributed by atoms with Gasteiger partial charge >= 0.3 is 5.97 Å². The van der Waals surface area contributed by atoms with Crippen LogP contribution >= 0.6 is 0 Å². The maximum absolute atomic E-state index is 12.1. The van der Waals surface area contributed by atoms with Crippen LogP contribution in [-0.2, 0) is 4.79 Å². The van der Waals surface area contributed by atoms with E-state index in [1.165, 1.54) is 4.90 Å². The third-order valence-electron chi connectivity index (χ3n) is 3.03. The first-order valence-electron chi connectivity index (χ1n) is 6.01. The molecular weight excluding hydrogens is 232 g/mol. The van der Waals surface area contributed by atoms with Crippen molar-refractivity contribution < 1.29 is 14.7 Å². The van der Waals surface area contributed by atoms with Crippen molar-refractivity contribution in [3.8, 4) is 0 Å². The molecule has 1 aliphatic carbocycles. The van der Waals surface area contributed by atoms with E-state index >= 15 is 0 Å². The largest absolute Gasteiger partial charge is 0.481 e. The molecule has 1 saturated carbocycles. The summed E-state index contributed by atoms with van der Waals surface area (Å²) in [6.45, 7) is 0.218. The second-order valence-electron chi connectivity index (χ2n) is 4.61. The molecule has 96 valence electrons. The lowest BCUT2D eigenvalue weighted by Gasteiger charge is -2.16. The number of carbonyl (C=O) groups excluding carboxylic acids is 1. The Hall–Kier alpha value is -1.91. The van der Waals surface area contributed by atoms with Crippen LogP contribution in [0.5, 0.6) is 0 Å². The normalized spacial score (nSPS) is 14.3. The van der Waals surface area contributed by atoms with Gasteiger partial charge in [0.2, 0.25) is 0 Å². The van der Waals surface area contributed by atoms with Crippen molar-refractivity contribution in [3.63, 3.8) is 0 Å². The van der Waals surface area contributed by atoms with Gasteiger partial charge in [0.15, 0.2) is 0 Å². The zero-order valence-corrected chi connectivity index (χ0v) is 10.3. The molecule has 1 N–H and O–H groups in total. The predicted octanol–water partition coefficient (Wildman–Crippen LogP) is 1.51. The summed E-state index contributed by atoms with van der Waals surface area (Å²) in [4.78, 5) is 28.2. The molecule has 5 heteroatoms. The fraction of sp³-hybridized carbons (Fsp3) is 0.462. The summed E-state index contributed by atoms with van der Waals surface area (Å²) >= 11 is 0. The van der Waals surface area contributed by atoms with Gasteiger partial charge in [-0.1, -0.05) is 0 Å². The first-order valence-corrected chi connectivity index (χ1v) is 6.01. The number of carboxylic acids is 1. The van der Waals surface area contributed by atoms with E-state index in [9.17, 15) is 9.59 Å². The first-order chi connectivity index (χ1) is 8.58. The lowest BCUT2D eigenvalue weighted by atomic mass is 10.1. The van der Waals surface area contributed by atoms with Crippen molar-refractivity contribution in [2.75, 3.05) is 13.6 Å². The highest BCUT2D eigenvalue weighted by Crippen LogP contribution is 2.38. The summed E-state index contributed by atoms with van der Waals surface area (Å²) in [6.07, 6.45) is 3.88. The zero-order valence-electron chi connectivity index (χ0n) is 10.3. The van der Waals surface area contributed by atoms with E-state index in [4.69, 9.17) is 5.11 Å². The second kappa shape index (κ2) is 5.16. The summed E-state index contributed by atoms with van der Waals surface area (Å²) in [5, 5.41) is 8.59. The minimum Gasteiger partial charge on any atom is -0.481 e. The lowest BCUT2D eigenvalue weighted by molar-refractivity contribution is -0.137. The Bertz CT molecular complexity index is 469. The molecule has 2 rings (SSSR count). The highest BCUT2D eigenvalue weighted by molar-refractivity contribution is 5.94. The molecule has 18 heavy (non-hydrogen) atoms. The van der Waals surface area contributed by atoms with Gasteiger partial charge in [-0.2, -0.15) is 0 Å². The van der Waals surface area contributed by atoms with Crippen molar-refractivity contribution in [2.45, 2.75) is 25.2 Å². The van der Waals surface area contributed by atoms with Crippen LogP contribution in [0.2, 0.25) is 0 Å². The Morgan fingerprint density at radius 3 is 2.83 bits per heavy atom. The van der Waals surface area contributed by atoms with E-state index in [2.05, 4.69) is 4.98 Å². The number of aromatic nitrogens is 1. The number of hydrogen-bond acceptors (Lipinski definition) is 3. The van der Waals surface area contributed by atoms with E-state index in [0.29, 0.717) is 11.5 Å². The molecule has 0 unspecified atom stereocenters. The molecule has 0 aliphatic heterocycles. The molecule has 0 atom stereocenters. The molecule has 5 nitrogen and oxygen atoms in total. The van der Waals surface area contributed by atoms with Crippen LogP contribution in [0.1, 0.15) is 41.2 Å². The molecule has 0 bridgehead atoms. The number of pyridine rings is 1. The molecule has 1 amide bonds. The van der Waals surface area contributed by atoms with E-state index < -0.39 is 5.97 Å². The summed E-state index contributed by atoms with van der Waals surface area (Å²) in [5.74, 6) is -0.550.